The smallest absolute Gasteiger partial charge is 0.233 e. The highest BCUT2D eigenvalue weighted by atomic mass is 79.9. The molecule has 2 rings (SSSR count). The Kier molecular flexibility index (Phi) is 3.06. The standard InChI is InChI=1S/C11H10BrNO2/c1-8-3-2-4-9(5-8)14-7-11-13-10(12)6-15-11/h2-6H,7H2,1H3. The van der Waals surface area contributed by atoms with Gasteiger partial charge in [0.2, 0.25) is 5.89 Å². The first-order valence-corrected chi connectivity index (χ1v) is 5.33. The van der Waals surface area contributed by atoms with Crippen molar-refractivity contribution in [2.45, 2.75) is 13.5 Å². The van der Waals surface area contributed by atoms with Crippen LogP contribution in [0.1, 0.15) is 11.5 Å². The van der Waals surface area contributed by atoms with E-state index in [-0.39, 0.29) is 0 Å². The molecule has 0 bridgehead atoms. The molecule has 78 valence electrons. The lowest BCUT2D eigenvalue weighted by Gasteiger charge is -2.03. The van der Waals surface area contributed by atoms with Gasteiger partial charge < -0.3 is 9.15 Å². The van der Waals surface area contributed by atoms with Crippen molar-refractivity contribution in [2.75, 3.05) is 0 Å². The first-order valence-electron chi connectivity index (χ1n) is 4.53. The van der Waals surface area contributed by atoms with E-state index in [0.29, 0.717) is 17.1 Å². The van der Waals surface area contributed by atoms with Crippen molar-refractivity contribution in [3.8, 4) is 5.75 Å². The Morgan fingerprint density at radius 3 is 3.00 bits per heavy atom. The summed E-state index contributed by atoms with van der Waals surface area (Å²) in [4.78, 5) is 4.07. The van der Waals surface area contributed by atoms with Crippen molar-refractivity contribution in [1.82, 2.24) is 4.98 Å². The number of nitrogens with zero attached hydrogens (tertiary/aromatic N) is 1. The number of rotatable bonds is 3. The van der Waals surface area contributed by atoms with Gasteiger partial charge in [0.05, 0.1) is 0 Å². The molecule has 2 aromatic rings. The Morgan fingerprint density at radius 2 is 2.33 bits per heavy atom. The predicted octanol–water partition coefficient (Wildman–Crippen LogP) is 3.32. The number of benzene rings is 1. The van der Waals surface area contributed by atoms with Crippen LogP contribution in [0.15, 0.2) is 39.5 Å². The molecule has 0 aliphatic carbocycles. The molecule has 0 aliphatic rings. The first kappa shape index (κ1) is 10.2. The summed E-state index contributed by atoms with van der Waals surface area (Å²) in [5, 5.41) is 0. The molecule has 0 amide bonds. The fourth-order valence-electron chi connectivity index (χ4n) is 1.20. The molecular formula is C11H10BrNO2. The van der Waals surface area contributed by atoms with E-state index in [9.17, 15) is 0 Å². The molecule has 0 radical (unpaired) electrons. The van der Waals surface area contributed by atoms with Crippen LogP contribution in [0.4, 0.5) is 0 Å². The van der Waals surface area contributed by atoms with Gasteiger partial charge in [0.15, 0.2) is 6.61 Å². The monoisotopic (exact) mass is 267 g/mol. The molecule has 0 unspecified atom stereocenters. The molecule has 1 aromatic heterocycles. The highest BCUT2D eigenvalue weighted by Gasteiger charge is 2.02. The first-order chi connectivity index (χ1) is 7.24. The lowest BCUT2D eigenvalue weighted by Crippen LogP contribution is -1.95. The van der Waals surface area contributed by atoms with Gasteiger partial charge in [0.1, 0.15) is 16.6 Å². The molecule has 0 aliphatic heterocycles. The second-order valence-corrected chi connectivity index (χ2v) is 3.98. The molecule has 4 heteroatoms. The Labute approximate surface area is 96.2 Å². The normalized spacial score (nSPS) is 10.3. The summed E-state index contributed by atoms with van der Waals surface area (Å²) in [7, 11) is 0. The van der Waals surface area contributed by atoms with Crippen LogP contribution in [0.25, 0.3) is 0 Å². The summed E-state index contributed by atoms with van der Waals surface area (Å²) in [6.45, 7) is 2.36. The third-order valence-electron chi connectivity index (χ3n) is 1.88. The van der Waals surface area contributed by atoms with Crippen molar-refractivity contribution in [1.29, 1.82) is 0 Å². The number of halogens is 1. The van der Waals surface area contributed by atoms with Crippen LogP contribution in [0.2, 0.25) is 0 Å². The third-order valence-corrected chi connectivity index (χ3v) is 2.24. The molecule has 0 N–H and O–H groups in total. The van der Waals surface area contributed by atoms with Gasteiger partial charge in [0, 0.05) is 0 Å². The fourth-order valence-corrected chi connectivity index (χ4v) is 1.50. The van der Waals surface area contributed by atoms with Gasteiger partial charge in [-0.05, 0) is 40.5 Å². The van der Waals surface area contributed by atoms with E-state index in [1.54, 1.807) is 0 Å². The van der Waals surface area contributed by atoms with E-state index >= 15 is 0 Å². The summed E-state index contributed by atoms with van der Waals surface area (Å²) in [6.07, 6.45) is 1.54. The minimum absolute atomic E-state index is 0.342. The van der Waals surface area contributed by atoms with Gasteiger partial charge in [-0.2, -0.15) is 0 Å². The molecule has 3 nitrogen and oxygen atoms in total. The number of aromatic nitrogens is 1. The maximum atomic E-state index is 5.51. The average Bonchev–Trinajstić information content (AvgIpc) is 2.62. The van der Waals surface area contributed by atoms with Crippen molar-refractivity contribution < 1.29 is 9.15 Å². The van der Waals surface area contributed by atoms with Crippen LogP contribution < -0.4 is 4.74 Å². The summed E-state index contributed by atoms with van der Waals surface area (Å²) in [5.41, 5.74) is 1.17. The Morgan fingerprint density at radius 1 is 1.47 bits per heavy atom. The lowest BCUT2D eigenvalue weighted by molar-refractivity contribution is 0.263. The zero-order valence-corrected chi connectivity index (χ0v) is 9.82. The van der Waals surface area contributed by atoms with Crippen LogP contribution in [0, 0.1) is 6.92 Å². The Balaban J connectivity index is 1.99. The van der Waals surface area contributed by atoms with Gasteiger partial charge in [0.25, 0.3) is 0 Å². The maximum Gasteiger partial charge on any atom is 0.233 e. The number of oxazole rings is 1. The minimum atomic E-state index is 0.342. The number of hydrogen-bond donors (Lipinski definition) is 0. The van der Waals surface area contributed by atoms with Crippen LogP contribution >= 0.6 is 15.9 Å². The summed E-state index contributed by atoms with van der Waals surface area (Å²) < 4.78 is 11.3. The van der Waals surface area contributed by atoms with E-state index < -0.39 is 0 Å². The topological polar surface area (TPSA) is 35.3 Å². The molecule has 0 atom stereocenters. The number of hydrogen-bond acceptors (Lipinski definition) is 3. The van der Waals surface area contributed by atoms with Gasteiger partial charge in [-0.1, -0.05) is 12.1 Å². The van der Waals surface area contributed by atoms with Crippen LogP contribution in [-0.2, 0) is 6.61 Å². The Hall–Kier alpha value is -1.29. The number of ether oxygens (including phenoxy) is 1. The molecule has 1 aromatic carbocycles. The summed E-state index contributed by atoms with van der Waals surface area (Å²) >= 11 is 3.21. The predicted molar refractivity (Wildman–Crippen MR) is 59.7 cm³/mol. The fraction of sp³-hybridized carbons (Fsp3) is 0.182. The van der Waals surface area contributed by atoms with Crippen molar-refractivity contribution in [3.05, 3.63) is 46.6 Å². The summed E-state index contributed by atoms with van der Waals surface area (Å²) in [6, 6.07) is 7.85. The van der Waals surface area contributed by atoms with Crippen molar-refractivity contribution in [2.24, 2.45) is 0 Å². The Bertz CT molecular complexity index is 453. The molecule has 0 saturated carbocycles. The van der Waals surface area contributed by atoms with Gasteiger partial charge in [-0.25, -0.2) is 4.98 Å². The van der Waals surface area contributed by atoms with E-state index in [2.05, 4.69) is 20.9 Å². The van der Waals surface area contributed by atoms with Crippen molar-refractivity contribution >= 4 is 15.9 Å². The van der Waals surface area contributed by atoms with Crippen LogP contribution in [0.5, 0.6) is 5.75 Å². The highest BCUT2D eigenvalue weighted by Crippen LogP contribution is 2.15. The van der Waals surface area contributed by atoms with Crippen molar-refractivity contribution in [3.63, 3.8) is 0 Å². The van der Waals surface area contributed by atoms with Gasteiger partial charge in [-0.15, -0.1) is 0 Å². The largest absolute Gasteiger partial charge is 0.484 e. The molecule has 0 spiro atoms. The van der Waals surface area contributed by atoms with E-state index in [1.165, 1.54) is 11.8 Å². The molecule has 1 heterocycles. The van der Waals surface area contributed by atoms with E-state index in [4.69, 9.17) is 9.15 Å². The number of aryl methyl sites for hydroxylation is 1. The highest BCUT2D eigenvalue weighted by molar-refractivity contribution is 9.10. The second kappa shape index (κ2) is 4.49. The quantitative estimate of drug-likeness (QED) is 0.856. The summed E-state index contributed by atoms with van der Waals surface area (Å²) in [5.74, 6) is 1.38. The SMILES string of the molecule is Cc1cccc(OCc2nc(Br)co2)c1. The third kappa shape index (κ3) is 2.83. The van der Waals surface area contributed by atoms with Gasteiger partial charge >= 0.3 is 0 Å². The average molecular weight is 268 g/mol. The van der Waals surface area contributed by atoms with Crippen LogP contribution in [-0.4, -0.2) is 4.98 Å². The maximum absolute atomic E-state index is 5.51. The lowest BCUT2D eigenvalue weighted by atomic mass is 10.2. The van der Waals surface area contributed by atoms with Crippen LogP contribution in [0.3, 0.4) is 0 Å². The minimum Gasteiger partial charge on any atom is -0.484 e. The molecule has 15 heavy (non-hydrogen) atoms. The second-order valence-electron chi connectivity index (χ2n) is 3.17. The molecular weight excluding hydrogens is 258 g/mol. The van der Waals surface area contributed by atoms with E-state index in [0.717, 1.165) is 5.75 Å². The van der Waals surface area contributed by atoms with Gasteiger partial charge in [-0.3, -0.25) is 0 Å². The van der Waals surface area contributed by atoms with E-state index in [1.807, 2.05) is 31.2 Å². The zero-order valence-electron chi connectivity index (χ0n) is 8.24. The molecule has 0 fully saturated rings. The molecule has 0 saturated heterocycles. The zero-order chi connectivity index (χ0) is 10.7.